The van der Waals surface area contributed by atoms with Gasteiger partial charge >= 0.3 is 0 Å². The smallest absolute Gasteiger partial charge is 0.193 e. The zero-order chi connectivity index (χ0) is 15.5. The van der Waals surface area contributed by atoms with Crippen LogP contribution in [0.5, 0.6) is 0 Å². The van der Waals surface area contributed by atoms with Crippen molar-refractivity contribution in [3.8, 4) is 0 Å². The lowest BCUT2D eigenvalue weighted by Crippen LogP contribution is -2.36. The molecule has 1 aromatic rings. The summed E-state index contributed by atoms with van der Waals surface area (Å²) in [6.07, 6.45) is 4.95. The molecule has 7 heteroatoms. The zero-order valence-corrected chi connectivity index (χ0v) is 15.3. The van der Waals surface area contributed by atoms with E-state index in [4.69, 9.17) is 5.73 Å². The number of guanidine groups is 1. The molecule has 0 amide bonds. The van der Waals surface area contributed by atoms with Gasteiger partial charge < -0.3 is 16.0 Å². The van der Waals surface area contributed by atoms with Crippen LogP contribution in [0.25, 0.3) is 0 Å². The van der Waals surface area contributed by atoms with Gasteiger partial charge in [0.25, 0.3) is 0 Å². The number of nitrogens with two attached hydrogens (primary N) is 1. The average Bonchev–Trinajstić information content (AvgIpc) is 3.34. The number of halogens is 3. The third-order valence-electron chi connectivity index (χ3n) is 4.42. The topological polar surface area (TPSA) is 53.6 Å². The van der Waals surface area contributed by atoms with Gasteiger partial charge in [0.1, 0.15) is 11.6 Å². The molecule has 1 aliphatic heterocycles. The van der Waals surface area contributed by atoms with Crippen LogP contribution in [0.1, 0.15) is 25.7 Å². The van der Waals surface area contributed by atoms with Crippen molar-refractivity contribution >= 4 is 35.6 Å². The van der Waals surface area contributed by atoms with Crippen LogP contribution < -0.4 is 11.1 Å². The van der Waals surface area contributed by atoms with Gasteiger partial charge in [0, 0.05) is 18.7 Å². The highest BCUT2D eigenvalue weighted by Crippen LogP contribution is 2.30. The molecular weight excluding hydrogens is 413 g/mol. The van der Waals surface area contributed by atoms with Crippen molar-refractivity contribution in [1.29, 1.82) is 0 Å². The molecule has 4 nitrogen and oxygen atoms in total. The highest BCUT2D eigenvalue weighted by molar-refractivity contribution is 14.0. The van der Waals surface area contributed by atoms with Crippen molar-refractivity contribution in [3.05, 3.63) is 29.8 Å². The van der Waals surface area contributed by atoms with Gasteiger partial charge in [-0.15, -0.1) is 24.0 Å². The number of piperidine rings is 1. The van der Waals surface area contributed by atoms with Gasteiger partial charge in [0.15, 0.2) is 5.96 Å². The number of rotatable bonds is 4. The molecule has 1 aromatic carbocycles. The van der Waals surface area contributed by atoms with Crippen molar-refractivity contribution in [2.45, 2.75) is 31.7 Å². The third-order valence-corrected chi connectivity index (χ3v) is 4.42. The summed E-state index contributed by atoms with van der Waals surface area (Å²) in [7, 11) is 0. The molecule has 1 aliphatic carbocycles. The number of nitrogens with one attached hydrogen (secondary N) is 1. The summed E-state index contributed by atoms with van der Waals surface area (Å²) in [5.41, 5.74) is 5.79. The molecule has 2 fully saturated rings. The fourth-order valence-corrected chi connectivity index (χ4v) is 2.94. The number of anilines is 1. The molecule has 1 saturated carbocycles. The number of hydrogen-bond donors (Lipinski definition) is 2. The Kier molecular flexibility index (Phi) is 6.58. The van der Waals surface area contributed by atoms with Gasteiger partial charge in [0.05, 0.1) is 5.69 Å². The molecule has 0 atom stereocenters. The van der Waals surface area contributed by atoms with E-state index >= 15 is 0 Å². The van der Waals surface area contributed by atoms with E-state index in [9.17, 15) is 8.78 Å². The second-order valence-electron chi connectivity index (χ2n) is 6.19. The van der Waals surface area contributed by atoms with E-state index in [2.05, 4.69) is 15.2 Å². The molecule has 0 spiro atoms. The van der Waals surface area contributed by atoms with Crippen LogP contribution in [-0.2, 0) is 0 Å². The molecule has 0 aromatic heterocycles. The molecule has 23 heavy (non-hydrogen) atoms. The second kappa shape index (κ2) is 8.23. The van der Waals surface area contributed by atoms with Gasteiger partial charge in [-0.3, -0.25) is 4.99 Å². The summed E-state index contributed by atoms with van der Waals surface area (Å²) in [6.45, 7) is 2.90. The summed E-state index contributed by atoms with van der Waals surface area (Å²) in [6, 6.07) is 4.04. The summed E-state index contributed by atoms with van der Waals surface area (Å²) in [5, 5.41) is 2.63. The largest absolute Gasteiger partial charge is 0.370 e. The number of likely N-dealkylation sites (tertiary alicyclic amines) is 1. The normalized spacial score (nSPS) is 20.2. The first-order valence-corrected chi connectivity index (χ1v) is 7.88. The van der Waals surface area contributed by atoms with E-state index in [0.717, 1.165) is 50.2 Å². The van der Waals surface area contributed by atoms with E-state index in [1.165, 1.54) is 12.8 Å². The summed E-state index contributed by atoms with van der Waals surface area (Å²) in [5.74, 6) is -0.400. The van der Waals surface area contributed by atoms with E-state index in [1.54, 1.807) is 0 Å². The van der Waals surface area contributed by atoms with Crippen LogP contribution >= 0.6 is 24.0 Å². The monoisotopic (exact) mass is 436 g/mol. The van der Waals surface area contributed by atoms with Crippen molar-refractivity contribution in [1.82, 2.24) is 4.90 Å². The van der Waals surface area contributed by atoms with E-state index in [1.807, 2.05) is 0 Å². The predicted octanol–water partition coefficient (Wildman–Crippen LogP) is 3.18. The summed E-state index contributed by atoms with van der Waals surface area (Å²) in [4.78, 5) is 6.83. The van der Waals surface area contributed by atoms with E-state index in [-0.39, 0.29) is 35.6 Å². The highest BCUT2D eigenvalue weighted by Gasteiger charge is 2.31. The van der Waals surface area contributed by atoms with Gasteiger partial charge in [-0.05, 0) is 56.8 Å². The molecule has 128 valence electrons. The number of benzene rings is 1. The Balaban J connectivity index is 0.00000192. The molecule has 3 rings (SSSR count). The lowest BCUT2D eigenvalue weighted by atomic mass is 9.97. The fourth-order valence-electron chi connectivity index (χ4n) is 2.94. The number of hydrogen-bond acceptors (Lipinski definition) is 2. The SMILES string of the molecule is I.NC(=NCC1CCN(C2CC2)CC1)Nc1cc(F)ccc1F. The average molecular weight is 436 g/mol. The molecule has 1 heterocycles. The Morgan fingerprint density at radius 2 is 1.91 bits per heavy atom. The molecule has 1 saturated heterocycles. The Labute approximate surface area is 152 Å². The second-order valence-corrected chi connectivity index (χ2v) is 6.19. The van der Waals surface area contributed by atoms with Crippen molar-refractivity contribution < 1.29 is 8.78 Å². The van der Waals surface area contributed by atoms with Crippen molar-refractivity contribution in [3.63, 3.8) is 0 Å². The standard InChI is InChI=1S/C16H22F2N4.HI/c17-12-1-4-14(18)15(9-12)21-16(19)20-10-11-5-7-22(8-6-11)13-2-3-13;/h1,4,9,11,13H,2-3,5-8,10H2,(H3,19,20,21);1H. The fraction of sp³-hybridized carbons (Fsp3) is 0.562. The van der Waals surface area contributed by atoms with Crippen LogP contribution in [0.2, 0.25) is 0 Å². The summed E-state index contributed by atoms with van der Waals surface area (Å²) < 4.78 is 26.6. The summed E-state index contributed by atoms with van der Waals surface area (Å²) >= 11 is 0. The molecule has 2 aliphatic rings. The Bertz CT molecular complexity index is 555. The maximum atomic E-state index is 13.5. The number of aliphatic imine (C=N–C) groups is 1. The first kappa shape index (κ1) is 18.4. The van der Waals surface area contributed by atoms with Gasteiger partial charge in [-0.2, -0.15) is 0 Å². The van der Waals surface area contributed by atoms with E-state index < -0.39 is 11.6 Å². The Hall–Kier alpha value is -0.960. The maximum absolute atomic E-state index is 13.5. The number of nitrogens with zero attached hydrogens (tertiary/aromatic N) is 2. The van der Waals surface area contributed by atoms with Gasteiger partial charge in [0.2, 0.25) is 0 Å². The van der Waals surface area contributed by atoms with Crippen LogP contribution in [0.4, 0.5) is 14.5 Å². The van der Waals surface area contributed by atoms with Crippen molar-refractivity contribution in [2.75, 3.05) is 25.0 Å². The van der Waals surface area contributed by atoms with Gasteiger partial charge in [-0.25, -0.2) is 8.78 Å². The lowest BCUT2D eigenvalue weighted by Gasteiger charge is -2.31. The Morgan fingerprint density at radius 1 is 1.22 bits per heavy atom. The molecule has 0 radical (unpaired) electrons. The van der Waals surface area contributed by atoms with Crippen LogP contribution in [-0.4, -0.2) is 36.5 Å². The first-order chi connectivity index (χ1) is 10.6. The minimum Gasteiger partial charge on any atom is -0.370 e. The molecular formula is C16H23F2IN4. The maximum Gasteiger partial charge on any atom is 0.193 e. The van der Waals surface area contributed by atoms with Crippen LogP contribution in [0.3, 0.4) is 0 Å². The third kappa shape index (κ3) is 5.27. The van der Waals surface area contributed by atoms with Crippen molar-refractivity contribution in [2.24, 2.45) is 16.6 Å². The Morgan fingerprint density at radius 3 is 2.57 bits per heavy atom. The minimum absolute atomic E-state index is 0. The predicted molar refractivity (Wildman–Crippen MR) is 99.2 cm³/mol. The molecule has 3 N–H and O–H groups in total. The minimum atomic E-state index is -0.544. The van der Waals surface area contributed by atoms with Gasteiger partial charge in [-0.1, -0.05) is 0 Å². The molecule has 0 unspecified atom stereocenters. The highest BCUT2D eigenvalue weighted by atomic mass is 127. The zero-order valence-electron chi connectivity index (χ0n) is 13.0. The van der Waals surface area contributed by atoms with E-state index in [0.29, 0.717) is 12.5 Å². The van der Waals surface area contributed by atoms with Crippen LogP contribution in [0.15, 0.2) is 23.2 Å². The quantitative estimate of drug-likeness (QED) is 0.433. The van der Waals surface area contributed by atoms with Crippen LogP contribution in [0, 0.1) is 17.6 Å². The lowest BCUT2D eigenvalue weighted by molar-refractivity contribution is 0.179. The first-order valence-electron chi connectivity index (χ1n) is 7.88. The molecule has 0 bridgehead atoms.